The molecule has 6 nitrogen and oxygen atoms in total. The van der Waals surface area contributed by atoms with Gasteiger partial charge in [0.1, 0.15) is 0 Å². The molecular weight excluding hydrogens is 292 g/mol. The van der Waals surface area contributed by atoms with Gasteiger partial charge in [-0.25, -0.2) is 0 Å². The van der Waals surface area contributed by atoms with E-state index in [1.807, 2.05) is 0 Å². The first-order valence-electron chi connectivity index (χ1n) is 7.86. The molecule has 122 valence electrons. The smallest absolute Gasteiger partial charge is 0.303 e. The predicted molar refractivity (Wildman–Crippen MR) is 80.1 cm³/mol. The Morgan fingerprint density at radius 2 is 1.76 bits per heavy atom. The zero-order valence-corrected chi connectivity index (χ0v) is 13.5. The van der Waals surface area contributed by atoms with Gasteiger partial charge in [0.15, 0.2) is 0 Å². The van der Waals surface area contributed by atoms with Crippen molar-refractivity contribution in [3.63, 3.8) is 0 Å². The lowest BCUT2D eigenvalue weighted by atomic mass is 9.95. The summed E-state index contributed by atoms with van der Waals surface area (Å²) >= 11 is 0. The molecule has 2 atom stereocenters. The average Bonchev–Trinajstić information content (AvgIpc) is 2.45. The van der Waals surface area contributed by atoms with E-state index >= 15 is 0 Å². The van der Waals surface area contributed by atoms with Gasteiger partial charge < -0.3 is 5.11 Å². The Kier molecular flexibility index (Phi) is 5.62. The van der Waals surface area contributed by atoms with Gasteiger partial charge in [-0.15, -0.1) is 0 Å². The van der Waals surface area contributed by atoms with E-state index in [1.165, 1.54) is 0 Å². The number of nitrogens with zero attached hydrogens (tertiary/aromatic N) is 2. The van der Waals surface area contributed by atoms with Crippen LogP contribution in [-0.4, -0.2) is 54.3 Å². The molecular formula is C14H26N2O4S. The molecule has 0 aliphatic carbocycles. The topological polar surface area (TPSA) is 77.9 Å². The van der Waals surface area contributed by atoms with Crippen LogP contribution in [0, 0.1) is 11.8 Å². The SMILES string of the molecule is CC1CCCN(S(=O)(=O)N2CCCC(CCC(=O)O)C2)C1. The van der Waals surface area contributed by atoms with E-state index in [4.69, 9.17) is 5.11 Å². The van der Waals surface area contributed by atoms with Crippen LogP contribution in [0.3, 0.4) is 0 Å². The van der Waals surface area contributed by atoms with Crippen molar-refractivity contribution in [1.29, 1.82) is 0 Å². The number of carbonyl (C=O) groups is 1. The van der Waals surface area contributed by atoms with Crippen LogP contribution in [0.2, 0.25) is 0 Å². The number of aliphatic carboxylic acids is 1. The lowest BCUT2D eigenvalue weighted by Gasteiger charge is -2.38. The molecule has 21 heavy (non-hydrogen) atoms. The largest absolute Gasteiger partial charge is 0.481 e. The molecule has 2 aliphatic heterocycles. The second kappa shape index (κ2) is 7.07. The van der Waals surface area contributed by atoms with Crippen molar-refractivity contribution in [3.8, 4) is 0 Å². The molecule has 2 saturated heterocycles. The summed E-state index contributed by atoms with van der Waals surface area (Å²) in [4.78, 5) is 10.7. The van der Waals surface area contributed by atoms with Crippen LogP contribution in [0.4, 0.5) is 0 Å². The van der Waals surface area contributed by atoms with Gasteiger partial charge in [-0.1, -0.05) is 6.92 Å². The van der Waals surface area contributed by atoms with Crippen LogP contribution in [0.5, 0.6) is 0 Å². The fourth-order valence-electron chi connectivity index (χ4n) is 3.32. The first-order valence-corrected chi connectivity index (χ1v) is 9.26. The summed E-state index contributed by atoms with van der Waals surface area (Å²) in [6, 6.07) is 0. The van der Waals surface area contributed by atoms with E-state index in [0.29, 0.717) is 38.5 Å². The molecule has 0 amide bonds. The second-order valence-electron chi connectivity index (χ2n) is 6.41. The average molecular weight is 318 g/mol. The minimum absolute atomic E-state index is 0.124. The van der Waals surface area contributed by atoms with Crippen LogP contribution in [0.15, 0.2) is 0 Å². The van der Waals surface area contributed by atoms with Crippen LogP contribution < -0.4 is 0 Å². The highest BCUT2D eigenvalue weighted by Gasteiger charge is 2.35. The third-order valence-electron chi connectivity index (χ3n) is 4.52. The summed E-state index contributed by atoms with van der Waals surface area (Å²) in [6.45, 7) is 4.35. The minimum atomic E-state index is -3.37. The predicted octanol–water partition coefficient (Wildman–Crippen LogP) is 1.54. The fraction of sp³-hybridized carbons (Fsp3) is 0.929. The van der Waals surface area contributed by atoms with Crippen molar-refractivity contribution >= 4 is 16.2 Å². The monoisotopic (exact) mass is 318 g/mol. The van der Waals surface area contributed by atoms with Gasteiger partial charge in [0.25, 0.3) is 10.2 Å². The van der Waals surface area contributed by atoms with Gasteiger partial charge in [-0.2, -0.15) is 17.0 Å². The molecule has 0 spiro atoms. The molecule has 2 aliphatic rings. The van der Waals surface area contributed by atoms with E-state index in [1.54, 1.807) is 8.61 Å². The highest BCUT2D eigenvalue weighted by atomic mass is 32.2. The minimum Gasteiger partial charge on any atom is -0.481 e. The van der Waals surface area contributed by atoms with E-state index in [2.05, 4.69) is 6.92 Å². The van der Waals surface area contributed by atoms with Gasteiger partial charge >= 0.3 is 5.97 Å². The molecule has 0 saturated carbocycles. The Morgan fingerprint density at radius 3 is 2.38 bits per heavy atom. The number of carboxylic acids is 1. The van der Waals surface area contributed by atoms with E-state index < -0.39 is 16.2 Å². The Bertz CT molecular complexity index is 466. The number of carboxylic acid groups (broad SMARTS) is 1. The van der Waals surface area contributed by atoms with Gasteiger partial charge in [0.2, 0.25) is 0 Å². The molecule has 2 rings (SSSR count). The van der Waals surface area contributed by atoms with Crippen LogP contribution >= 0.6 is 0 Å². The summed E-state index contributed by atoms with van der Waals surface area (Å²) in [7, 11) is -3.37. The molecule has 2 heterocycles. The van der Waals surface area contributed by atoms with Crippen LogP contribution in [0.25, 0.3) is 0 Å². The highest BCUT2D eigenvalue weighted by molar-refractivity contribution is 7.86. The molecule has 0 bridgehead atoms. The molecule has 0 aromatic rings. The van der Waals surface area contributed by atoms with Crippen LogP contribution in [0.1, 0.15) is 45.4 Å². The van der Waals surface area contributed by atoms with Crippen molar-refractivity contribution in [2.45, 2.75) is 45.4 Å². The van der Waals surface area contributed by atoms with Gasteiger partial charge in [-0.3, -0.25) is 4.79 Å². The van der Waals surface area contributed by atoms with Crippen molar-refractivity contribution in [2.24, 2.45) is 11.8 Å². The maximum absolute atomic E-state index is 12.7. The van der Waals surface area contributed by atoms with Crippen molar-refractivity contribution in [3.05, 3.63) is 0 Å². The third kappa shape index (κ3) is 4.40. The zero-order valence-electron chi connectivity index (χ0n) is 12.7. The summed E-state index contributed by atoms with van der Waals surface area (Å²) < 4.78 is 28.6. The third-order valence-corrected chi connectivity index (χ3v) is 6.49. The molecule has 0 aromatic heterocycles. The number of hydrogen-bond donors (Lipinski definition) is 1. The van der Waals surface area contributed by atoms with Gasteiger partial charge in [0.05, 0.1) is 0 Å². The number of hydrogen-bond acceptors (Lipinski definition) is 3. The van der Waals surface area contributed by atoms with Crippen molar-refractivity contribution in [2.75, 3.05) is 26.2 Å². The van der Waals surface area contributed by atoms with E-state index in [0.717, 1.165) is 25.7 Å². The molecule has 0 radical (unpaired) electrons. The molecule has 7 heteroatoms. The Labute approximate surface area is 127 Å². The summed E-state index contributed by atoms with van der Waals surface area (Å²) in [5.41, 5.74) is 0. The molecule has 0 aromatic carbocycles. The number of rotatable bonds is 5. The van der Waals surface area contributed by atoms with E-state index in [9.17, 15) is 13.2 Å². The van der Waals surface area contributed by atoms with E-state index in [-0.39, 0.29) is 12.3 Å². The Hall–Kier alpha value is -0.660. The molecule has 2 fully saturated rings. The normalized spacial score (nSPS) is 29.4. The van der Waals surface area contributed by atoms with Crippen LogP contribution in [-0.2, 0) is 15.0 Å². The molecule has 1 N–H and O–H groups in total. The maximum atomic E-state index is 12.7. The highest BCUT2D eigenvalue weighted by Crippen LogP contribution is 2.26. The lowest BCUT2D eigenvalue weighted by molar-refractivity contribution is -0.137. The van der Waals surface area contributed by atoms with Gasteiger partial charge in [-0.05, 0) is 43.9 Å². The Balaban J connectivity index is 1.97. The lowest BCUT2D eigenvalue weighted by Crippen LogP contribution is -2.50. The quantitative estimate of drug-likeness (QED) is 0.834. The fourth-order valence-corrected chi connectivity index (χ4v) is 5.21. The summed E-state index contributed by atoms with van der Waals surface area (Å²) in [5.74, 6) is -0.215. The molecule has 2 unspecified atom stereocenters. The Morgan fingerprint density at radius 1 is 1.14 bits per heavy atom. The first-order chi connectivity index (χ1) is 9.89. The zero-order chi connectivity index (χ0) is 15.5. The van der Waals surface area contributed by atoms with Gasteiger partial charge in [0, 0.05) is 32.6 Å². The maximum Gasteiger partial charge on any atom is 0.303 e. The first kappa shape index (κ1) is 16.7. The van der Waals surface area contributed by atoms with Crippen molar-refractivity contribution in [1.82, 2.24) is 8.61 Å². The number of piperidine rings is 2. The second-order valence-corrected chi connectivity index (χ2v) is 8.34. The standard InChI is InChI=1S/C14H26N2O4S/c1-12-4-2-8-15(10-12)21(19,20)16-9-3-5-13(11-16)6-7-14(17)18/h12-13H,2-11H2,1H3,(H,17,18). The van der Waals surface area contributed by atoms with Crippen molar-refractivity contribution < 1.29 is 18.3 Å². The summed E-state index contributed by atoms with van der Waals surface area (Å²) in [6.07, 6.45) is 4.46. The summed E-state index contributed by atoms with van der Waals surface area (Å²) in [5, 5.41) is 8.76.